The number of rotatable bonds is 11. The normalized spacial score (nSPS) is 15.8. The zero-order valence-corrected chi connectivity index (χ0v) is 29.1. The van der Waals surface area contributed by atoms with E-state index in [4.69, 9.17) is 4.74 Å². The molecule has 1 fully saturated rings. The second kappa shape index (κ2) is 15.5. The predicted octanol–water partition coefficient (Wildman–Crippen LogP) is 8.15. The van der Waals surface area contributed by atoms with Crippen LogP contribution in [0, 0.1) is 0 Å². The van der Waals surface area contributed by atoms with Crippen LogP contribution in [0.3, 0.4) is 0 Å². The Hall–Kier alpha value is -3.71. The summed E-state index contributed by atoms with van der Waals surface area (Å²) in [6.07, 6.45) is -3.59. The summed E-state index contributed by atoms with van der Waals surface area (Å²) in [5.74, 6) is -0.471. The summed E-state index contributed by atoms with van der Waals surface area (Å²) in [4.78, 5) is 34.2. The maximum Gasteiger partial charge on any atom is 0.416 e. The van der Waals surface area contributed by atoms with Crippen LogP contribution in [0.4, 0.5) is 30.2 Å². The number of nitrogens with zero attached hydrogens (tertiary/aromatic N) is 3. The molecular formula is C37H39F3N4O3S2. The zero-order chi connectivity index (χ0) is 34.5. The topological polar surface area (TPSA) is 65.1 Å². The van der Waals surface area contributed by atoms with Crippen molar-refractivity contribution in [2.45, 2.75) is 46.4 Å². The molecule has 0 radical (unpaired) electrons. The zero-order valence-electron chi connectivity index (χ0n) is 27.5. The minimum Gasteiger partial charge on any atom is -0.463 e. The molecule has 6 rings (SSSR count). The fourth-order valence-corrected chi connectivity index (χ4v) is 8.27. The van der Waals surface area contributed by atoms with E-state index < -0.39 is 17.0 Å². The lowest BCUT2D eigenvalue weighted by molar-refractivity contribution is -0.143. The SMILES string of the molecule is CC(=O)Nc1c(SC(C)C(=O)OCCN2CCN(CCCN3c4ccccc4Sc4ccc(C(F)(F)F)cc43)CC2)ccc2ccccc12. The Kier molecular flexibility index (Phi) is 11.1. The van der Waals surface area contributed by atoms with Gasteiger partial charge in [-0.05, 0) is 61.7 Å². The van der Waals surface area contributed by atoms with Crippen molar-refractivity contribution in [3.05, 3.63) is 84.4 Å². The third-order valence-corrected chi connectivity index (χ3v) is 11.0. The van der Waals surface area contributed by atoms with Gasteiger partial charge in [0.2, 0.25) is 5.91 Å². The number of para-hydroxylation sites is 1. The minimum absolute atomic E-state index is 0.172. The Morgan fingerprint density at radius 3 is 2.33 bits per heavy atom. The summed E-state index contributed by atoms with van der Waals surface area (Å²) in [6.45, 7) is 9.12. The molecule has 12 heteroatoms. The highest BCUT2D eigenvalue weighted by atomic mass is 32.2. The van der Waals surface area contributed by atoms with Crippen molar-refractivity contribution in [2.75, 3.05) is 62.6 Å². The molecule has 0 spiro atoms. The van der Waals surface area contributed by atoms with Crippen molar-refractivity contribution < 1.29 is 27.5 Å². The molecule has 2 aliphatic rings. The molecule has 2 aliphatic heterocycles. The van der Waals surface area contributed by atoms with Gasteiger partial charge in [-0.25, -0.2) is 0 Å². The molecule has 1 atom stereocenters. The van der Waals surface area contributed by atoms with Gasteiger partial charge in [-0.15, -0.1) is 11.8 Å². The highest BCUT2D eigenvalue weighted by molar-refractivity contribution is 8.00. The van der Waals surface area contributed by atoms with Crippen LogP contribution in [0.2, 0.25) is 0 Å². The molecule has 1 amide bonds. The summed E-state index contributed by atoms with van der Waals surface area (Å²) in [6, 6.07) is 23.6. The molecule has 1 N–H and O–H groups in total. The van der Waals surface area contributed by atoms with Crippen molar-refractivity contribution in [1.82, 2.24) is 9.80 Å². The molecule has 0 aromatic heterocycles. The quantitative estimate of drug-likeness (QED) is 0.124. The highest BCUT2D eigenvalue weighted by Gasteiger charge is 2.33. The van der Waals surface area contributed by atoms with Crippen molar-refractivity contribution >= 4 is 63.2 Å². The first-order chi connectivity index (χ1) is 23.6. The maximum absolute atomic E-state index is 13.6. The number of ether oxygens (including phenoxy) is 1. The van der Waals surface area contributed by atoms with E-state index in [9.17, 15) is 22.8 Å². The van der Waals surface area contributed by atoms with Gasteiger partial charge in [-0.1, -0.05) is 54.2 Å². The lowest BCUT2D eigenvalue weighted by Crippen LogP contribution is -2.47. The van der Waals surface area contributed by atoms with E-state index in [2.05, 4.69) is 15.1 Å². The van der Waals surface area contributed by atoms with Gasteiger partial charge in [-0.3, -0.25) is 14.5 Å². The van der Waals surface area contributed by atoms with Gasteiger partial charge in [0.05, 0.1) is 22.6 Å². The number of carbonyl (C=O) groups is 2. The van der Waals surface area contributed by atoms with Crippen molar-refractivity contribution in [2.24, 2.45) is 0 Å². The Balaban J connectivity index is 0.957. The highest BCUT2D eigenvalue weighted by Crippen LogP contribution is 2.49. The Labute approximate surface area is 293 Å². The second-order valence-corrected chi connectivity index (χ2v) is 14.7. The van der Waals surface area contributed by atoms with Gasteiger partial charge >= 0.3 is 12.1 Å². The van der Waals surface area contributed by atoms with E-state index in [1.807, 2.05) is 72.5 Å². The van der Waals surface area contributed by atoms with E-state index in [0.717, 1.165) is 76.4 Å². The van der Waals surface area contributed by atoms with Crippen molar-refractivity contribution in [3.8, 4) is 0 Å². The molecular weight excluding hydrogens is 670 g/mol. The summed E-state index contributed by atoms with van der Waals surface area (Å²) in [7, 11) is 0. The number of amides is 1. The summed E-state index contributed by atoms with van der Waals surface area (Å²) >= 11 is 2.88. The maximum atomic E-state index is 13.6. The average Bonchev–Trinajstić information content (AvgIpc) is 3.08. The molecule has 258 valence electrons. The number of esters is 1. The predicted molar refractivity (Wildman–Crippen MR) is 191 cm³/mol. The number of hydrogen-bond acceptors (Lipinski definition) is 8. The molecule has 4 aromatic rings. The standard InChI is InChI=1S/C37H39F3N4O3S2/c1-25(48-34-14-12-27-8-3-4-9-29(27)35(34)41-26(2)45)36(46)47-23-22-43-20-18-42(19-21-43)16-7-17-44-30-10-5-6-11-32(30)49-33-15-13-28(24-31(33)44)37(38,39)40/h3-6,8-15,24-25H,7,16-23H2,1-2H3,(H,41,45). The number of fused-ring (bicyclic) bond motifs is 3. The number of thioether (sulfide) groups is 1. The summed E-state index contributed by atoms with van der Waals surface area (Å²) in [5.41, 5.74) is 1.62. The fraction of sp³-hybridized carbons (Fsp3) is 0.351. The van der Waals surface area contributed by atoms with Crippen LogP contribution >= 0.6 is 23.5 Å². The Morgan fingerprint density at radius 1 is 0.878 bits per heavy atom. The molecule has 49 heavy (non-hydrogen) atoms. The first kappa shape index (κ1) is 35.1. The van der Waals surface area contributed by atoms with Gasteiger partial charge < -0.3 is 19.9 Å². The summed E-state index contributed by atoms with van der Waals surface area (Å²) in [5, 5.41) is 4.40. The Morgan fingerprint density at radius 2 is 1.57 bits per heavy atom. The van der Waals surface area contributed by atoms with Gasteiger partial charge in [0, 0.05) is 66.3 Å². The van der Waals surface area contributed by atoms with E-state index in [0.29, 0.717) is 31.1 Å². The number of carbonyl (C=O) groups excluding carboxylic acids is 2. The monoisotopic (exact) mass is 708 g/mol. The number of benzene rings is 4. The molecule has 4 aromatic carbocycles. The molecule has 0 saturated carbocycles. The van der Waals surface area contributed by atoms with Crippen LogP contribution in [0.15, 0.2) is 93.5 Å². The van der Waals surface area contributed by atoms with Crippen molar-refractivity contribution in [1.29, 1.82) is 0 Å². The number of nitrogens with one attached hydrogen (secondary N) is 1. The van der Waals surface area contributed by atoms with Crippen LogP contribution < -0.4 is 10.2 Å². The molecule has 1 saturated heterocycles. The Bertz CT molecular complexity index is 1810. The van der Waals surface area contributed by atoms with Crippen LogP contribution in [0.25, 0.3) is 10.8 Å². The van der Waals surface area contributed by atoms with Crippen molar-refractivity contribution in [3.63, 3.8) is 0 Å². The lowest BCUT2D eigenvalue weighted by Gasteiger charge is -2.36. The second-order valence-electron chi connectivity index (χ2n) is 12.2. The number of anilines is 3. The molecule has 2 heterocycles. The molecule has 0 aliphatic carbocycles. The van der Waals surface area contributed by atoms with Crippen LogP contribution in [0.5, 0.6) is 0 Å². The summed E-state index contributed by atoms with van der Waals surface area (Å²) < 4.78 is 46.3. The minimum atomic E-state index is -4.39. The fourth-order valence-electron chi connectivity index (χ4n) is 6.22. The molecule has 1 unspecified atom stereocenters. The van der Waals surface area contributed by atoms with Crippen LogP contribution in [-0.2, 0) is 20.5 Å². The van der Waals surface area contributed by atoms with E-state index in [-0.39, 0.29) is 11.9 Å². The first-order valence-electron chi connectivity index (χ1n) is 16.4. The van der Waals surface area contributed by atoms with Gasteiger partial charge in [0.1, 0.15) is 11.9 Å². The first-order valence-corrected chi connectivity index (χ1v) is 18.1. The lowest BCUT2D eigenvalue weighted by atomic mass is 10.1. The van der Waals surface area contributed by atoms with Gasteiger partial charge in [-0.2, -0.15) is 13.2 Å². The number of piperazine rings is 1. The third-order valence-electron chi connectivity index (χ3n) is 8.75. The number of hydrogen-bond donors (Lipinski definition) is 1. The number of halogens is 3. The van der Waals surface area contributed by atoms with E-state index >= 15 is 0 Å². The van der Waals surface area contributed by atoms with E-state index in [1.165, 1.54) is 36.5 Å². The van der Waals surface area contributed by atoms with E-state index in [1.54, 1.807) is 6.07 Å². The largest absolute Gasteiger partial charge is 0.463 e. The van der Waals surface area contributed by atoms with Gasteiger partial charge in [0.25, 0.3) is 0 Å². The molecule has 0 bridgehead atoms. The van der Waals surface area contributed by atoms with Crippen LogP contribution in [-0.4, -0.2) is 79.3 Å². The number of alkyl halides is 3. The average molecular weight is 709 g/mol. The van der Waals surface area contributed by atoms with Gasteiger partial charge in [0.15, 0.2) is 0 Å². The third kappa shape index (κ3) is 8.54. The smallest absolute Gasteiger partial charge is 0.416 e. The van der Waals surface area contributed by atoms with Crippen LogP contribution in [0.1, 0.15) is 25.8 Å². The molecule has 7 nitrogen and oxygen atoms in total.